The van der Waals surface area contributed by atoms with Gasteiger partial charge in [0.25, 0.3) is 5.91 Å². The molecule has 0 N–H and O–H groups in total. The molecule has 3 aromatic rings. The van der Waals surface area contributed by atoms with Gasteiger partial charge in [-0.2, -0.15) is 0 Å². The summed E-state index contributed by atoms with van der Waals surface area (Å²) in [5.74, 6) is 0.143. The van der Waals surface area contributed by atoms with Crippen LogP contribution in [0.4, 0.5) is 0 Å². The van der Waals surface area contributed by atoms with Crippen LogP contribution in [0.25, 0.3) is 0 Å². The van der Waals surface area contributed by atoms with Gasteiger partial charge in [0.1, 0.15) is 0 Å². The zero-order chi connectivity index (χ0) is 19.2. The summed E-state index contributed by atoms with van der Waals surface area (Å²) in [6.07, 6.45) is 2.61. The van der Waals surface area contributed by atoms with Gasteiger partial charge >= 0.3 is 0 Å². The van der Waals surface area contributed by atoms with Gasteiger partial charge < -0.3 is 4.90 Å². The summed E-state index contributed by atoms with van der Waals surface area (Å²) < 4.78 is 0. The van der Waals surface area contributed by atoms with Crippen molar-refractivity contribution < 1.29 is 4.79 Å². The fourth-order valence-electron chi connectivity index (χ4n) is 3.70. The standard InChI is InChI=1S/C24H25N3O/c28-24(23-12-5-4-10-21(23)18-20-8-2-1-3-9-20)27-16-14-26(15-17-27)19-22-11-6-7-13-25-22/h1-13H,14-19H2. The molecule has 1 amide bonds. The average molecular weight is 371 g/mol. The van der Waals surface area contributed by atoms with E-state index in [4.69, 9.17) is 0 Å². The second-order valence-corrected chi connectivity index (χ2v) is 7.21. The van der Waals surface area contributed by atoms with Gasteiger partial charge in [0.05, 0.1) is 5.69 Å². The van der Waals surface area contributed by atoms with Crippen LogP contribution < -0.4 is 0 Å². The van der Waals surface area contributed by atoms with E-state index in [2.05, 4.69) is 34.1 Å². The summed E-state index contributed by atoms with van der Waals surface area (Å²) in [6, 6.07) is 24.3. The molecule has 0 spiro atoms. The van der Waals surface area contributed by atoms with Crippen LogP contribution in [-0.4, -0.2) is 46.9 Å². The second-order valence-electron chi connectivity index (χ2n) is 7.21. The minimum atomic E-state index is 0.143. The molecule has 1 aromatic heterocycles. The number of hydrogen-bond acceptors (Lipinski definition) is 3. The molecule has 2 heterocycles. The summed E-state index contributed by atoms with van der Waals surface area (Å²) in [4.78, 5) is 21.9. The molecule has 0 radical (unpaired) electrons. The summed E-state index contributed by atoms with van der Waals surface area (Å²) in [6.45, 7) is 4.11. The number of hydrogen-bond donors (Lipinski definition) is 0. The molecule has 0 unspecified atom stereocenters. The van der Waals surface area contributed by atoms with E-state index in [1.807, 2.05) is 59.6 Å². The quantitative estimate of drug-likeness (QED) is 0.687. The Morgan fingerprint density at radius 3 is 2.29 bits per heavy atom. The number of aromatic nitrogens is 1. The lowest BCUT2D eigenvalue weighted by Gasteiger charge is -2.35. The lowest BCUT2D eigenvalue weighted by Crippen LogP contribution is -2.48. The summed E-state index contributed by atoms with van der Waals surface area (Å²) in [7, 11) is 0. The lowest BCUT2D eigenvalue weighted by molar-refractivity contribution is 0.0626. The van der Waals surface area contributed by atoms with Crippen molar-refractivity contribution in [3.05, 3.63) is 101 Å². The Morgan fingerprint density at radius 2 is 1.54 bits per heavy atom. The van der Waals surface area contributed by atoms with Crippen LogP contribution in [0, 0.1) is 0 Å². The number of carbonyl (C=O) groups excluding carboxylic acids is 1. The summed E-state index contributed by atoms with van der Waals surface area (Å²) >= 11 is 0. The van der Waals surface area contributed by atoms with Crippen molar-refractivity contribution in [2.24, 2.45) is 0 Å². The fraction of sp³-hybridized carbons (Fsp3) is 0.250. The van der Waals surface area contributed by atoms with Crippen LogP contribution in [0.5, 0.6) is 0 Å². The van der Waals surface area contributed by atoms with Crippen molar-refractivity contribution in [3.8, 4) is 0 Å². The van der Waals surface area contributed by atoms with Crippen molar-refractivity contribution in [3.63, 3.8) is 0 Å². The Bertz CT molecular complexity index is 903. The molecule has 0 saturated carbocycles. The van der Waals surface area contributed by atoms with Gasteiger partial charge in [0.15, 0.2) is 0 Å². The molecule has 1 saturated heterocycles. The van der Waals surface area contributed by atoms with Crippen molar-refractivity contribution in [1.82, 2.24) is 14.8 Å². The third-order valence-electron chi connectivity index (χ3n) is 5.26. The molecule has 4 heteroatoms. The monoisotopic (exact) mass is 371 g/mol. The van der Waals surface area contributed by atoms with Crippen LogP contribution in [0.2, 0.25) is 0 Å². The molecule has 0 bridgehead atoms. The number of benzene rings is 2. The Kier molecular flexibility index (Phi) is 5.78. The van der Waals surface area contributed by atoms with Crippen molar-refractivity contribution in [2.45, 2.75) is 13.0 Å². The largest absolute Gasteiger partial charge is 0.336 e. The van der Waals surface area contributed by atoms with Gasteiger partial charge in [-0.15, -0.1) is 0 Å². The van der Waals surface area contributed by atoms with Crippen molar-refractivity contribution >= 4 is 5.91 Å². The van der Waals surface area contributed by atoms with E-state index in [0.717, 1.165) is 56.0 Å². The molecular formula is C24H25N3O. The first kappa shape index (κ1) is 18.4. The highest BCUT2D eigenvalue weighted by molar-refractivity contribution is 5.95. The van der Waals surface area contributed by atoms with Gasteiger partial charge in [-0.05, 0) is 35.7 Å². The minimum Gasteiger partial charge on any atom is -0.336 e. The molecule has 2 aromatic carbocycles. The molecule has 4 nitrogen and oxygen atoms in total. The highest BCUT2D eigenvalue weighted by atomic mass is 16.2. The zero-order valence-corrected chi connectivity index (χ0v) is 16.0. The van der Waals surface area contributed by atoms with Crippen LogP contribution in [-0.2, 0) is 13.0 Å². The molecule has 0 aliphatic carbocycles. The van der Waals surface area contributed by atoms with Gasteiger partial charge in [-0.1, -0.05) is 54.6 Å². The Hall–Kier alpha value is -2.98. The molecule has 28 heavy (non-hydrogen) atoms. The summed E-state index contributed by atoms with van der Waals surface area (Å²) in [5.41, 5.74) is 4.22. The Balaban J connectivity index is 1.40. The maximum atomic E-state index is 13.2. The van der Waals surface area contributed by atoms with Crippen molar-refractivity contribution in [2.75, 3.05) is 26.2 Å². The van der Waals surface area contributed by atoms with E-state index >= 15 is 0 Å². The van der Waals surface area contributed by atoms with Crippen LogP contribution in [0.3, 0.4) is 0 Å². The maximum absolute atomic E-state index is 13.2. The maximum Gasteiger partial charge on any atom is 0.254 e. The first-order chi connectivity index (χ1) is 13.8. The predicted octanol–water partition coefficient (Wildman–Crippen LogP) is 3.63. The molecule has 1 aliphatic rings. The van der Waals surface area contributed by atoms with Gasteiger partial charge in [0, 0.05) is 44.5 Å². The number of nitrogens with zero attached hydrogens (tertiary/aromatic N) is 3. The highest BCUT2D eigenvalue weighted by Gasteiger charge is 2.23. The number of amides is 1. The van der Waals surface area contributed by atoms with Crippen LogP contribution >= 0.6 is 0 Å². The zero-order valence-electron chi connectivity index (χ0n) is 16.0. The second kappa shape index (κ2) is 8.81. The number of pyridine rings is 1. The molecule has 1 aliphatic heterocycles. The minimum absolute atomic E-state index is 0.143. The van der Waals surface area contributed by atoms with Gasteiger partial charge in [-0.3, -0.25) is 14.7 Å². The van der Waals surface area contributed by atoms with Crippen molar-refractivity contribution in [1.29, 1.82) is 0 Å². The van der Waals surface area contributed by atoms with Crippen LogP contribution in [0.1, 0.15) is 27.2 Å². The third kappa shape index (κ3) is 4.46. The average Bonchev–Trinajstić information content (AvgIpc) is 2.76. The Labute approximate surface area is 166 Å². The Morgan fingerprint density at radius 1 is 0.821 bits per heavy atom. The highest BCUT2D eigenvalue weighted by Crippen LogP contribution is 2.18. The predicted molar refractivity (Wildman–Crippen MR) is 111 cm³/mol. The third-order valence-corrected chi connectivity index (χ3v) is 5.26. The summed E-state index contributed by atoms with van der Waals surface area (Å²) in [5, 5.41) is 0. The molecule has 0 atom stereocenters. The van der Waals surface area contributed by atoms with E-state index in [-0.39, 0.29) is 5.91 Å². The molecule has 142 valence electrons. The number of rotatable bonds is 5. The molecule has 1 fully saturated rings. The molecular weight excluding hydrogens is 346 g/mol. The normalized spacial score (nSPS) is 14.8. The topological polar surface area (TPSA) is 36.4 Å². The van der Waals surface area contributed by atoms with Gasteiger partial charge in [-0.25, -0.2) is 0 Å². The van der Waals surface area contributed by atoms with E-state index in [0.29, 0.717) is 0 Å². The lowest BCUT2D eigenvalue weighted by atomic mass is 9.99. The number of carbonyl (C=O) groups is 1. The van der Waals surface area contributed by atoms with E-state index in [1.54, 1.807) is 0 Å². The first-order valence-electron chi connectivity index (χ1n) is 9.83. The van der Waals surface area contributed by atoms with E-state index in [1.165, 1.54) is 5.56 Å². The van der Waals surface area contributed by atoms with E-state index < -0.39 is 0 Å². The first-order valence-corrected chi connectivity index (χ1v) is 9.83. The van der Waals surface area contributed by atoms with Crippen LogP contribution in [0.15, 0.2) is 79.0 Å². The molecule has 4 rings (SSSR count). The fourth-order valence-corrected chi connectivity index (χ4v) is 3.70. The number of piperazine rings is 1. The smallest absolute Gasteiger partial charge is 0.254 e. The SMILES string of the molecule is O=C(c1ccccc1Cc1ccccc1)N1CCN(Cc2ccccn2)CC1. The van der Waals surface area contributed by atoms with Gasteiger partial charge in [0.2, 0.25) is 0 Å². The van der Waals surface area contributed by atoms with E-state index in [9.17, 15) is 4.79 Å².